The van der Waals surface area contributed by atoms with Gasteiger partial charge in [-0.3, -0.25) is 4.79 Å². The lowest BCUT2D eigenvalue weighted by Crippen LogP contribution is -2.47. The van der Waals surface area contributed by atoms with Crippen LogP contribution in [-0.2, 0) is 14.3 Å². The van der Waals surface area contributed by atoms with E-state index in [0.29, 0.717) is 25.3 Å². The molecule has 0 aliphatic carbocycles. The Kier molecular flexibility index (Phi) is 6.46. The summed E-state index contributed by atoms with van der Waals surface area (Å²) in [5.41, 5.74) is 0. The molecule has 1 saturated heterocycles. The molecule has 1 heterocycles. The fraction of sp³-hybridized carbons (Fsp3) is 0.867. The number of nitrogens with zero attached hydrogens (tertiary/aromatic N) is 1. The van der Waals surface area contributed by atoms with Gasteiger partial charge in [-0.1, -0.05) is 27.7 Å². The zero-order valence-electron chi connectivity index (χ0n) is 13.0. The third-order valence-corrected chi connectivity index (χ3v) is 3.80. The van der Waals surface area contributed by atoms with Gasteiger partial charge in [-0.15, -0.1) is 0 Å². The predicted octanol–water partition coefficient (Wildman–Crippen LogP) is 2.29. The highest BCUT2D eigenvalue weighted by Crippen LogP contribution is 2.24. The van der Waals surface area contributed by atoms with E-state index in [1.54, 1.807) is 0 Å². The van der Waals surface area contributed by atoms with E-state index < -0.39 is 18.2 Å². The molecule has 20 heavy (non-hydrogen) atoms. The summed E-state index contributed by atoms with van der Waals surface area (Å²) in [6, 6.07) is 0.206. The molecule has 116 valence electrons. The third-order valence-electron chi connectivity index (χ3n) is 3.80. The van der Waals surface area contributed by atoms with Gasteiger partial charge in [-0.25, -0.2) is 4.79 Å². The molecule has 1 rings (SSSR count). The van der Waals surface area contributed by atoms with Crippen molar-refractivity contribution in [3.63, 3.8) is 0 Å². The summed E-state index contributed by atoms with van der Waals surface area (Å²) < 4.78 is 5.40. The minimum Gasteiger partial charge on any atom is -0.479 e. The molecule has 0 aromatic rings. The predicted molar refractivity (Wildman–Crippen MR) is 76.5 cm³/mol. The number of ether oxygens (including phenoxy) is 1. The Morgan fingerprint density at radius 3 is 2.15 bits per heavy atom. The highest BCUT2D eigenvalue weighted by atomic mass is 16.5. The van der Waals surface area contributed by atoms with Gasteiger partial charge in [0.1, 0.15) is 6.10 Å². The monoisotopic (exact) mass is 285 g/mol. The molecule has 0 spiro atoms. The Morgan fingerprint density at radius 1 is 1.20 bits per heavy atom. The van der Waals surface area contributed by atoms with Crippen LogP contribution in [0.1, 0.15) is 53.4 Å². The van der Waals surface area contributed by atoms with E-state index in [-0.39, 0.29) is 11.9 Å². The summed E-state index contributed by atoms with van der Waals surface area (Å²) in [7, 11) is 0. The summed E-state index contributed by atoms with van der Waals surface area (Å²) in [5, 5.41) is 8.95. The zero-order valence-corrected chi connectivity index (χ0v) is 13.0. The van der Waals surface area contributed by atoms with Gasteiger partial charge in [0.25, 0.3) is 5.91 Å². The van der Waals surface area contributed by atoms with E-state index in [0.717, 1.165) is 12.8 Å². The second-order valence-corrected chi connectivity index (χ2v) is 5.88. The van der Waals surface area contributed by atoms with Gasteiger partial charge in [-0.2, -0.15) is 0 Å². The van der Waals surface area contributed by atoms with Gasteiger partial charge in [-0.05, 0) is 31.6 Å². The first-order valence-corrected chi connectivity index (χ1v) is 7.59. The van der Waals surface area contributed by atoms with Crippen molar-refractivity contribution in [1.82, 2.24) is 4.90 Å². The number of hydrogen-bond acceptors (Lipinski definition) is 3. The smallest absolute Gasteiger partial charge is 0.332 e. The molecule has 1 aliphatic rings. The van der Waals surface area contributed by atoms with Gasteiger partial charge >= 0.3 is 5.97 Å². The minimum absolute atomic E-state index is 0.0452. The molecule has 0 aromatic heterocycles. The first kappa shape index (κ1) is 17.0. The van der Waals surface area contributed by atoms with Crippen LogP contribution in [0, 0.1) is 5.92 Å². The molecule has 2 atom stereocenters. The second-order valence-electron chi connectivity index (χ2n) is 5.88. The Balaban J connectivity index is 2.75. The van der Waals surface area contributed by atoms with E-state index in [2.05, 4.69) is 27.7 Å². The lowest BCUT2D eigenvalue weighted by Gasteiger charge is -2.33. The zero-order chi connectivity index (χ0) is 15.3. The molecule has 0 saturated carbocycles. The SMILES string of the molecule is CCC(CC)N(CC(C)C)C(=O)C1CCC(C(=O)O)O1. The maximum atomic E-state index is 12.6. The van der Waals surface area contributed by atoms with Crippen molar-refractivity contribution in [1.29, 1.82) is 0 Å². The average Bonchev–Trinajstić information content (AvgIpc) is 2.87. The van der Waals surface area contributed by atoms with Crippen LogP contribution in [0.5, 0.6) is 0 Å². The molecule has 0 bridgehead atoms. The summed E-state index contributed by atoms with van der Waals surface area (Å²) in [6.45, 7) is 9.01. The van der Waals surface area contributed by atoms with Crippen molar-refractivity contribution in [2.45, 2.75) is 71.6 Å². The van der Waals surface area contributed by atoms with Crippen molar-refractivity contribution in [2.24, 2.45) is 5.92 Å². The number of rotatable bonds is 7. The van der Waals surface area contributed by atoms with Crippen LogP contribution in [0.25, 0.3) is 0 Å². The summed E-state index contributed by atoms with van der Waals surface area (Å²) >= 11 is 0. The number of amides is 1. The first-order chi connectivity index (χ1) is 9.40. The highest BCUT2D eigenvalue weighted by Gasteiger charge is 2.38. The number of carbonyl (C=O) groups is 2. The van der Waals surface area contributed by atoms with Crippen LogP contribution in [0.4, 0.5) is 0 Å². The first-order valence-electron chi connectivity index (χ1n) is 7.59. The summed E-state index contributed by atoms with van der Waals surface area (Å²) in [5.74, 6) is -0.634. The minimum atomic E-state index is -0.974. The lowest BCUT2D eigenvalue weighted by atomic mass is 10.1. The Bertz CT molecular complexity index is 339. The normalized spacial score (nSPS) is 22.5. The molecular formula is C15H27NO4. The number of carboxylic acid groups (broad SMARTS) is 1. The van der Waals surface area contributed by atoms with Crippen molar-refractivity contribution in [3.8, 4) is 0 Å². The molecule has 5 nitrogen and oxygen atoms in total. The summed E-state index contributed by atoms with van der Waals surface area (Å²) in [4.78, 5) is 25.4. The van der Waals surface area contributed by atoms with Crippen LogP contribution < -0.4 is 0 Å². The van der Waals surface area contributed by atoms with Crippen molar-refractivity contribution in [3.05, 3.63) is 0 Å². The number of carboxylic acids is 1. The number of hydrogen-bond donors (Lipinski definition) is 1. The molecule has 0 radical (unpaired) electrons. The lowest BCUT2D eigenvalue weighted by molar-refractivity contribution is -0.156. The third kappa shape index (κ3) is 4.20. The van der Waals surface area contributed by atoms with E-state index in [1.165, 1.54) is 0 Å². The van der Waals surface area contributed by atoms with Gasteiger partial charge in [0.15, 0.2) is 6.10 Å². The summed E-state index contributed by atoms with van der Waals surface area (Å²) in [6.07, 6.45) is 1.32. The van der Waals surface area contributed by atoms with Crippen LogP contribution in [0.2, 0.25) is 0 Å². The van der Waals surface area contributed by atoms with E-state index in [1.807, 2.05) is 4.90 Å². The van der Waals surface area contributed by atoms with Gasteiger partial charge < -0.3 is 14.7 Å². The van der Waals surface area contributed by atoms with E-state index >= 15 is 0 Å². The van der Waals surface area contributed by atoms with Gasteiger partial charge in [0.2, 0.25) is 0 Å². The fourth-order valence-corrected chi connectivity index (χ4v) is 2.73. The Hall–Kier alpha value is -1.10. The van der Waals surface area contributed by atoms with Gasteiger partial charge in [0, 0.05) is 12.6 Å². The Morgan fingerprint density at radius 2 is 1.75 bits per heavy atom. The van der Waals surface area contributed by atoms with Crippen molar-refractivity contribution >= 4 is 11.9 Å². The van der Waals surface area contributed by atoms with Crippen LogP contribution >= 0.6 is 0 Å². The standard InChI is InChI=1S/C15H27NO4/c1-5-11(6-2)16(9-10(3)4)14(17)12-7-8-13(20-12)15(18)19/h10-13H,5-9H2,1-4H3,(H,18,19). The van der Waals surface area contributed by atoms with E-state index in [4.69, 9.17) is 9.84 Å². The second kappa shape index (κ2) is 7.62. The quantitative estimate of drug-likeness (QED) is 0.779. The molecule has 1 N–H and O–H groups in total. The molecule has 1 amide bonds. The van der Waals surface area contributed by atoms with Crippen LogP contribution in [0.15, 0.2) is 0 Å². The number of aliphatic carboxylic acids is 1. The molecule has 1 aliphatic heterocycles. The molecular weight excluding hydrogens is 258 g/mol. The molecule has 5 heteroatoms. The maximum Gasteiger partial charge on any atom is 0.332 e. The highest BCUT2D eigenvalue weighted by molar-refractivity contribution is 5.83. The molecule has 1 fully saturated rings. The van der Waals surface area contributed by atoms with E-state index in [9.17, 15) is 9.59 Å². The van der Waals surface area contributed by atoms with Crippen molar-refractivity contribution in [2.75, 3.05) is 6.54 Å². The topological polar surface area (TPSA) is 66.8 Å². The molecule has 0 aromatic carbocycles. The number of carbonyl (C=O) groups excluding carboxylic acids is 1. The Labute approximate surface area is 121 Å². The average molecular weight is 285 g/mol. The maximum absolute atomic E-state index is 12.6. The molecule has 2 unspecified atom stereocenters. The largest absolute Gasteiger partial charge is 0.479 e. The van der Waals surface area contributed by atoms with Crippen molar-refractivity contribution < 1.29 is 19.4 Å². The fourth-order valence-electron chi connectivity index (χ4n) is 2.73. The van der Waals surface area contributed by atoms with Crippen LogP contribution in [0.3, 0.4) is 0 Å². The van der Waals surface area contributed by atoms with Gasteiger partial charge in [0.05, 0.1) is 0 Å². The van der Waals surface area contributed by atoms with Crippen LogP contribution in [-0.4, -0.2) is 46.7 Å².